The zero-order valence-corrected chi connectivity index (χ0v) is 21.2. The third-order valence-corrected chi connectivity index (χ3v) is 6.93. The summed E-state index contributed by atoms with van der Waals surface area (Å²) in [4.78, 5) is 33.5. The number of hydrogen-bond acceptors (Lipinski definition) is 5. The van der Waals surface area contributed by atoms with E-state index < -0.39 is 6.04 Å². The van der Waals surface area contributed by atoms with Crippen LogP contribution in [-0.4, -0.2) is 15.8 Å². The topological polar surface area (TPSA) is 72.6 Å². The van der Waals surface area contributed by atoms with Gasteiger partial charge >= 0.3 is 0 Å². The van der Waals surface area contributed by atoms with Gasteiger partial charge in [0.25, 0.3) is 5.91 Å². The summed E-state index contributed by atoms with van der Waals surface area (Å²) in [6, 6.07) is 24.5. The molecule has 0 saturated carbocycles. The van der Waals surface area contributed by atoms with Crippen molar-refractivity contribution < 1.29 is 13.9 Å². The summed E-state index contributed by atoms with van der Waals surface area (Å²) in [7, 11) is 0. The molecule has 0 bridgehead atoms. The Balaban J connectivity index is 1.42. The number of aromatic nitrogens is 1. The van der Waals surface area contributed by atoms with E-state index in [0.29, 0.717) is 35.4 Å². The van der Waals surface area contributed by atoms with E-state index in [2.05, 4.69) is 4.98 Å². The average Bonchev–Trinajstić information content (AvgIpc) is 3.20. The molecule has 0 fully saturated rings. The fraction of sp³-hybridized carbons (Fsp3) is 0.156. The molecule has 0 aliphatic carbocycles. The Labute approximate surface area is 220 Å². The number of benzene rings is 3. The van der Waals surface area contributed by atoms with Gasteiger partial charge in [-0.1, -0.05) is 54.6 Å². The summed E-state index contributed by atoms with van der Waals surface area (Å²) in [5.41, 5.74) is 5.19. The van der Waals surface area contributed by atoms with Gasteiger partial charge in [0.05, 0.1) is 17.0 Å². The van der Waals surface area contributed by atoms with Crippen LogP contribution in [0.5, 0.6) is 5.75 Å². The van der Waals surface area contributed by atoms with Crippen molar-refractivity contribution in [1.82, 2.24) is 9.88 Å². The molecule has 188 valence electrons. The molecular weight excluding hydrogens is 476 g/mol. The van der Waals surface area contributed by atoms with Crippen LogP contribution in [0.4, 0.5) is 0 Å². The first-order valence-corrected chi connectivity index (χ1v) is 12.5. The van der Waals surface area contributed by atoms with Crippen LogP contribution in [0, 0.1) is 13.8 Å². The van der Waals surface area contributed by atoms with Gasteiger partial charge in [-0.25, -0.2) is 0 Å². The Morgan fingerprint density at radius 1 is 0.921 bits per heavy atom. The lowest BCUT2D eigenvalue weighted by Crippen LogP contribution is -2.29. The molecule has 0 N–H and O–H groups in total. The second-order valence-corrected chi connectivity index (χ2v) is 9.67. The van der Waals surface area contributed by atoms with E-state index in [1.165, 1.54) is 0 Å². The first-order valence-electron chi connectivity index (χ1n) is 12.5. The molecule has 6 nitrogen and oxygen atoms in total. The molecule has 1 amide bonds. The number of carbonyl (C=O) groups excluding carboxylic acids is 1. The highest BCUT2D eigenvalue weighted by Crippen LogP contribution is 2.40. The van der Waals surface area contributed by atoms with E-state index in [1.807, 2.05) is 92.7 Å². The van der Waals surface area contributed by atoms with Crippen LogP contribution in [0.3, 0.4) is 0 Å². The van der Waals surface area contributed by atoms with Gasteiger partial charge in [-0.3, -0.25) is 14.6 Å². The van der Waals surface area contributed by atoms with E-state index in [-0.39, 0.29) is 17.1 Å². The second-order valence-electron chi connectivity index (χ2n) is 9.67. The van der Waals surface area contributed by atoms with Crippen LogP contribution in [0.25, 0.3) is 11.0 Å². The number of pyridine rings is 1. The largest absolute Gasteiger partial charge is 0.489 e. The van der Waals surface area contributed by atoms with Crippen molar-refractivity contribution in [2.24, 2.45) is 0 Å². The molecule has 6 rings (SSSR count). The van der Waals surface area contributed by atoms with E-state index >= 15 is 0 Å². The standard InChI is InChI=1S/C32H26N2O4/c1-20-15-21(2)27-26(16-20)38-31-28(30(27)35)29(34(32(31)36)18-23-9-6-14-33-17-23)24-10-12-25(13-11-24)37-19-22-7-4-3-5-8-22/h3-17,29H,18-19H2,1-2H3. The van der Waals surface area contributed by atoms with Gasteiger partial charge in [0.2, 0.25) is 5.76 Å². The summed E-state index contributed by atoms with van der Waals surface area (Å²) in [6.07, 6.45) is 3.42. The predicted octanol–water partition coefficient (Wildman–Crippen LogP) is 6.13. The minimum absolute atomic E-state index is 0.103. The summed E-state index contributed by atoms with van der Waals surface area (Å²) in [6.45, 7) is 4.59. The highest BCUT2D eigenvalue weighted by molar-refractivity contribution is 5.99. The van der Waals surface area contributed by atoms with Crippen molar-refractivity contribution in [3.63, 3.8) is 0 Å². The molecule has 2 aromatic heterocycles. The molecule has 0 radical (unpaired) electrons. The van der Waals surface area contributed by atoms with Crippen LogP contribution in [0.15, 0.2) is 100 Å². The van der Waals surface area contributed by atoms with Crippen molar-refractivity contribution in [3.8, 4) is 5.75 Å². The predicted molar refractivity (Wildman–Crippen MR) is 145 cm³/mol. The number of aryl methyl sites for hydroxylation is 2. The van der Waals surface area contributed by atoms with Crippen LogP contribution in [0.1, 0.15) is 50.0 Å². The SMILES string of the molecule is Cc1cc(C)c2c(=O)c3c(oc2c1)C(=O)N(Cc1cccnc1)C3c1ccc(OCc2ccccc2)cc1. The van der Waals surface area contributed by atoms with Crippen molar-refractivity contribution >= 4 is 16.9 Å². The molecule has 0 spiro atoms. The zero-order valence-electron chi connectivity index (χ0n) is 21.2. The number of fused-ring (bicyclic) bond motifs is 2. The van der Waals surface area contributed by atoms with Crippen LogP contribution in [-0.2, 0) is 13.2 Å². The van der Waals surface area contributed by atoms with Gasteiger partial charge in [0.15, 0.2) is 5.43 Å². The van der Waals surface area contributed by atoms with E-state index in [1.54, 1.807) is 17.3 Å². The fourth-order valence-corrected chi connectivity index (χ4v) is 5.20. The van der Waals surface area contributed by atoms with Gasteiger partial charge in [-0.05, 0) is 65.9 Å². The third-order valence-electron chi connectivity index (χ3n) is 6.93. The molecule has 0 saturated heterocycles. The number of rotatable bonds is 6. The summed E-state index contributed by atoms with van der Waals surface area (Å²) in [5, 5.41) is 0.512. The highest BCUT2D eigenvalue weighted by Gasteiger charge is 2.43. The molecule has 5 aromatic rings. The lowest BCUT2D eigenvalue weighted by molar-refractivity contribution is 0.0714. The maximum atomic E-state index is 13.9. The quantitative estimate of drug-likeness (QED) is 0.279. The second kappa shape index (κ2) is 9.63. The van der Waals surface area contributed by atoms with Gasteiger partial charge in [0, 0.05) is 18.9 Å². The minimum Gasteiger partial charge on any atom is -0.489 e. The van der Waals surface area contributed by atoms with E-state index in [0.717, 1.165) is 27.8 Å². The highest BCUT2D eigenvalue weighted by atomic mass is 16.5. The molecule has 1 aliphatic rings. The molecule has 1 unspecified atom stereocenters. The van der Waals surface area contributed by atoms with Crippen molar-refractivity contribution in [2.75, 3.05) is 0 Å². The maximum Gasteiger partial charge on any atom is 0.291 e. The zero-order chi connectivity index (χ0) is 26.2. The smallest absolute Gasteiger partial charge is 0.291 e. The van der Waals surface area contributed by atoms with Crippen molar-refractivity contribution in [1.29, 1.82) is 0 Å². The van der Waals surface area contributed by atoms with E-state index in [4.69, 9.17) is 9.15 Å². The molecule has 1 aliphatic heterocycles. The Morgan fingerprint density at radius 3 is 2.42 bits per heavy atom. The summed E-state index contributed by atoms with van der Waals surface area (Å²) < 4.78 is 12.1. The first-order chi connectivity index (χ1) is 18.5. The van der Waals surface area contributed by atoms with Crippen LogP contribution in [0.2, 0.25) is 0 Å². The number of nitrogens with zero attached hydrogens (tertiary/aromatic N) is 2. The Hall–Kier alpha value is -4.71. The van der Waals surface area contributed by atoms with Crippen LogP contribution >= 0.6 is 0 Å². The number of hydrogen-bond donors (Lipinski definition) is 0. The monoisotopic (exact) mass is 502 g/mol. The number of ether oxygens (including phenoxy) is 1. The normalized spacial score (nSPS) is 14.6. The van der Waals surface area contributed by atoms with Crippen molar-refractivity contribution in [3.05, 3.63) is 141 Å². The van der Waals surface area contributed by atoms with Gasteiger partial charge in [-0.2, -0.15) is 0 Å². The Morgan fingerprint density at radius 2 is 1.68 bits per heavy atom. The lowest BCUT2D eigenvalue weighted by atomic mass is 9.96. The first kappa shape index (κ1) is 23.7. The fourth-order valence-electron chi connectivity index (χ4n) is 5.20. The average molecular weight is 503 g/mol. The molecule has 3 aromatic carbocycles. The molecule has 1 atom stereocenters. The lowest BCUT2D eigenvalue weighted by Gasteiger charge is -2.25. The van der Waals surface area contributed by atoms with Gasteiger partial charge in [0.1, 0.15) is 17.9 Å². The molecule has 3 heterocycles. The molecular formula is C32H26N2O4. The van der Waals surface area contributed by atoms with E-state index in [9.17, 15) is 9.59 Å². The van der Waals surface area contributed by atoms with Crippen LogP contribution < -0.4 is 10.2 Å². The molecule has 6 heteroatoms. The maximum absolute atomic E-state index is 13.9. The Bertz CT molecular complexity index is 1690. The summed E-state index contributed by atoms with van der Waals surface area (Å²) in [5.74, 6) is 0.500. The summed E-state index contributed by atoms with van der Waals surface area (Å²) >= 11 is 0. The van der Waals surface area contributed by atoms with Gasteiger partial charge in [-0.15, -0.1) is 0 Å². The number of amides is 1. The third kappa shape index (κ3) is 4.24. The van der Waals surface area contributed by atoms with Gasteiger partial charge < -0.3 is 14.1 Å². The van der Waals surface area contributed by atoms with Crippen molar-refractivity contribution in [2.45, 2.75) is 33.0 Å². The minimum atomic E-state index is -0.595. The number of carbonyl (C=O) groups is 1. The Kier molecular flexibility index (Phi) is 6.00. The molecule has 38 heavy (non-hydrogen) atoms.